The first kappa shape index (κ1) is 22.6. The number of carbonyl (C=O) groups excluding carboxylic acids is 1. The van der Waals surface area contributed by atoms with Gasteiger partial charge in [-0.1, -0.05) is 30.3 Å². The Hall–Kier alpha value is -3.59. The molecule has 0 unspecified atom stereocenters. The van der Waals surface area contributed by atoms with Gasteiger partial charge < -0.3 is 15.0 Å². The van der Waals surface area contributed by atoms with Crippen LogP contribution in [0.5, 0.6) is 0 Å². The number of halogens is 3. The lowest BCUT2D eigenvalue weighted by Crippen LogP contribution is -2.31. The number of aromatic amines is 1. The van der Waals surface area contributed by atoms with Crippen LogP contribution in [-0.4, -0.2) is 36.8 Å². The number of hydrogen-bond donors (Lipinski definition) is 2. The molecule has 2 N–H and O–H groups in total. The van der Waals surface area contributed by atoms with Crippen LogP contribution in [0.3, 0.4) is 0 Å². The number of amides is 1. The third kappa shape index (κ3) is 4.78. The summed E-state index contributed by atoms with van der Waals surface area (Å²) in [6.45, 7) is 5.19. The number of carbonyl (C=O) groups is 1. The molecule has 1 aliphatic heterocycles. The Morgan fingerprint density at radius 3 is 2.73 bits per heavy atom. The smallest absolute Gasteiger partial charge is 0.417 e. The average Bonchev–Trinajstić information content (AvgIpc) is 3.16. The maximum absolute atomic E-state index is 13.4. The van der Waals surface area contributed by atoms with Crippen molar-refractivity contribution >= 4 is 22.6 Å². The highest BCUT2D eigenvalue weighted by Crippen LogP contribution is 2.36. The molecular weight excluding hydrogens is 435 g/mol. The van der Waals surface area contributed by atoms with E-state index in [9.17, 15) is 22.8 Å². The summed E-state index contributed by atoms with van der Waals surface area (Å²) < 4.78 is 45.6. The van der Waals surface area contributed by atoms with Crippen molar-refractivity contribution in [2.24, 2.45) is 0 Å². The Kier molecular flexibility index (Phi) is 6.24. The number of fused-ring (bicyclic) bond motifs is 1. The molecule has 1 aromatic heterocycles. The Balaban J connectivity index is 1.62. The number of alkyl halides is 3. The van der Waals surface area contributed by atoms with Crippen LogP contribution in [0, 0.1) is 0 Å². The monoisotopic (exact) mass is 457 g/mol. The molecule has 2 aromatic carbocycles. The molecular formula is C24H22F3N3O3. The van der Waals surface area contributed by atoms with Crippen molar-refractivity contribution in [3.05, 3.63) is 77.1 Å². The molecule has 1 aliphatic rings. The fraction of sp³-hybridized carbons (Fsp3) is 0.250. The van der Waals surface area contributed by atoms with Gasteiger partial charge in [0.05, 0.1) is 12.1 Å². The third-order valence-corrected chi connectivity index (χ3v) is 5.44. The van der Waals surface area contributed by atoms with E-state index in [4.69, 9.17) is 4.74 Å². The number of cyclic esters (lactones) is 1. The van der Waals surface area contributed by atoms with Crippen LogP contribution < -0.4 is 15.8 Å². The molecule has 2 heterocycles. The van der Waals surface area contributed by atoms with Crippen molar-refractivity contribution in [1.82, 2.24) is 10.3 Å². The minimum atomic E-state index is -4.56. The maximum Gasteiger partial charge on any atom is 0.417 e. The van der Waals surface area contributed by atoms with Crippen LogP contribution >= 0.6 is 0 Å². The molecule has 0 spiro atoms. The lowest BCUT2D eigenvalue weighted by molar-refractivity contribution is -0.137. The largest absolute Gasteiger partial charge is 0.443 e. The highest BCUT2D eigenvalue weighted by molar-refractivity contribution is 5.94. The zero-order valence-corrected chi connectivity index (χ0v) is 17.6. The van der Waals surface area contributed by atoms with Crippen molar-refractivity contribution < 1.29 is 22.7 Å². The van der Waals surface area contributed by atoms with E-state index in [1.54, 1.807) is 24.3 Å². The van der Waals surface area contributed by atoms with Crippen LogP contribution in [0.25, 0.3) is 22.0 Å². The first-order valence-electron chi connectivity index (χ1n) is 10.4. The summed E-state index contributed by atoms with van der Waals surface area (Å²) in [6.07, 6.45) is -2.82. The van der Waals surface area contributed by atoms with Crippen molar-refractivity contribution in [3.8, 4) is 11.3 Å². The van der Waals surface area contributed by atoms with Gasteiger partial charge in [-0.15, -0.1) is 6.58 Å². The van der Waals surface area contributed by atoms with Crippen LogP contribution in [0.4, 0.5) is 23.7 Å². The van der Waals surface area contributed by atoms with E-state index < -0.39 is 23.4 Å². The fourth-order valence-electron chi connectivity index (χ4n) is 3.83. The standard InChI is InChI=1S/C24H22F3N3O3/c1-2-3-10-28-13-17-14-30(23(32)33-17)16-9-8-15-11-21(29-22(31)19(15)12-16)18-6-4-5-7-20(18)24(25,26)27/h2,4-9,11-12,17,28H,1,3,10,13-14H2,(H,29,31)/t17-/m0/s1. The number of hydrogen-bond acceptors (Lipinski definition) is 4. The zero-order valence-electron chi connectivity index (χ0n) is 17.6. The zero-order chi connectivity index (χ0) is 23.6. The summed E-state index contributed by atoms with van der Waals surface area (Å²) in [5.41, 5.74) is -0.932. The topological polar surface area (TPSA) is 74.4 Å². The van der Waals surface area contributed by atoms with Gasteiger partial charge in [0.25, 0.3) is 5.56 Å². The highest BCUT2D eigenvalue weighted by Gasteiger charge is 2.34. The first-order valence-corrected chi connectivity index (χ1v) is 10.4. The third-order valence-electron chi connectivity index (χ3n) is 5.44. The lowest BCUT2D eigenvalue weighted by Gasteiger charge is -2.15. The molecule has 0 radical (unpaired) electrons. The molecule has 9 heteroatoms. The van der Waals surface area contributed by atoms with E-state index >= 15 is 0 Å². The molecule has 4 rings (SSSR count). The molecule has 1 saturated heterocycles. The average molecular weight is 457 g/mol. The minimum Gasteiger partial charge on any atom is -0.443 e. The Bertz CT molecular complexity index is 1250. The van der Waals surface area contributed by atoms with Crippen molar-refractivity contribution in [3.63, 3.8) is 0 Å². The van der Waals surface area contributed by atoms with E-state index in [0.717, 1.165) is 19.0 Å². The molecule has 33 heavy (non-hydrogen) atoms. The molecule has 6 nitrogen and oxygen atoms in total. The van der Waals surface area contributed by atoms with Gasteiger partial charge in [-0.3, -0.25) is 9.69 Å². The molecule has 172 valence electrons. The summed E-state index contributed by atoms with van der Waals surface area (Å²) in [7, 11) is 0. The quantitative estimate of drug-likeness (QED) is 0.398. The molecule has 0 bridgehead atoms. The lowest BCUT2D eigenvalue weighted by atomic mass is 10.0. The Morgan fingerprint density at radius 2 is 1.97 bits per heavy atom. The number of nitrogens with one attached hydrogen (secondary N) is 2. The van der Waals surface area contributed by atoms with Gasteiger partial charge in [-0.2, -0.15) is 13.2 Å². The minimum absolute atomic E-state index is 0.0689. The van der Waals surface area contributed by atoms with Gasteiger partial charge in [0.15, 0.2) is 0 Å². The molecule has 3 aromatic rings. The summed E-state index contributed by atoms with van der Waals surface area (Å²) in [5, 5.41) is 3.91. The van der Waals surface area contributed by atoms with Gasteiger partial charge in [0.2, 0.25) is 0 Å². The number of ether oxygens (including phenoxy) is 1. The van der Waals surface area contributed by atoms with Gasteiger partial charge in [0, 0.05) is 28.9 Å². The van der Waals surface area contributed by atoms with E-state index in [2.05, 4.69) is 16.9 Å². The number of rotatable bonds is 7. The maximum atomic E-state index is 13.4. The SMILES string of the molecule is C=CCCNC[C@H]1CN(c2ccc3cc(-c4ccccc4C(F)(F)F)[nH]c(=O)c3c2)C(=O)O1. The van der Waals surface area contributed by atoms with Crippen molar-refractivity contribution in [2.45, 2.75) is 18.7 Å². The van der Waals surface area contributed by atoms with E-state index in [1.165, 1.54) is 29.2 Å². The second-order valence-corrected chi connectivity index (χ2v) is 7.72. The van der Waals surface area contributed by atoms with E-state index in [-0.39, 0.29) is 22.7 Å². The number of benzene rings is 2. The van der Waals surface area contributed by atoms with Crippen LogP contribution in [-0.2, 0) is 10.9 Å². The molecule has 1 fully saturated rings. The Labute approximate surface area is 187 Å². The molecule has 0 aliphatic carbocycles. The van der Waals surface area contributed by atoms with Gasteiger partial charge >= 0.3 is 12.3 Å². The van der Waals surface area contributed by atoms with Crippen molar-refractivity contribution in [2.75, 3.05) is 24.5 Å². The number of pyridine rings is 1. The highest BCUT2D eigenvalue weighted by atomic mass is 19.4. The molecule has 0 saturated carbocycles. The van der Waals surface area contributed by atoms with Gasteiger partial charge in [0.1, 0.15) is 6.10 Å². The summed E-state index contributed by atoms with van der Waals surface area (Å²) in [5.74, 6) is 0. The summed E-state index contributed by atoms with van der Waals surface area (Å²) in [4.78, 5) is 29.1. The summed E-state index contributed by atoms with van der Waals surface area (Å²) in [6, 6.07) is 11.4. The predicted molar refractivity (Wildman–Crippen MR) is 120 cm³/mol. The Morgan fingerprint density at radius 1 is 1.18 bits per heavy atom. The number of aromatic nitrogens is 1. The van der Waals surface area contributed by atoms with Gasteiger partial charge in [-0.05, 0) is 42.6 Å². The molecule has 1 atom stereocenters. The number of anilines is 1. The fourth-order valence-corrected chi connectivity index (χ4v) is 3.83. The van der Waals surface area contributed by atoms with Gasteiger partial charge in [-0.25, -0.2) is 4.79 Å². The second-order valence-electron chi connectivity index (χ2n) is 7.72. The van der Waals surface area contributed by atoms with Crippen LogP contribution in [0.15, 0.2) is 66.0 Å². The van der Waals surface area contributed by atoms with E-state index in [1.807, 2.05) is 0 Å². The number of H-pyrrole nitrogens is 1. The normalized spacial score (nSPS) is 16.3. The van der Waals surface area contributed by atoms with Crippen LogP contribution in [0.1, 0.15) is 12.0 Å². The second kappa shape index (κ2) is 9.11. The first-order chi connectivity index (χ1) is 15.8. The van der Waals surface area contributed by atoms with Crippen molar-refractivity contribution in [1.29, 1.82) is 0 Å². The number of nitrogens with zero attached hydrogens (tertiary/aromatic N) is 1. The van der Waals surface area contributed by atoms with Crippen LogP contribution in [0.2, 0.25) is 0 Å². The summed E-state index contributed by atoms with van der Waals surface area (Å²) >= 11 is 0. The predicted octanol–water partition coefficient (Wildman–Crippen LogP) is 4.70. The van der Waals surface area contributed by atoms with E-state index in [0.29, 0.717) is 24.2 Å². The molecule has 1 amide bonds.